The van der Waals surface area contributed by atoms with Gasteiger partial charge in [-0.05, 0) is 49.9 Å². The van der Waals surface area contributed by atoms with E-state index >= 15 is 0 Å². The first-order valence-electron chi connectivity index (χ1n) is 7.62. The van der Waals surface area contributed by atoms with Gasteiger partial charge in [-0.1, -0.05) is 26.2 Å². The molecule has 0 aromatic rings. The summed E-state index contributed by atoms with van der Waals surface area (Å²) in [6.45, 7) is 2.21. The summed E-state index contributed by atoms with van der Waals surface area (Å²) in [5, 5.41) is 10.4. The Labute approximate surface area is 113 Å². The topological polar surface area (TPSA) is 20.2 Å². The van der Waals surface area contributed by atoms with Gasteiger partial charge in [-0.15, -0.1) is 0 Å². The van der Waals surface area contributed by atoms with Crippen molar-refractivity contribution in [3.05, 3.63) is 0 Å². The van der Waals surface area contributed by atoms with Crippen molar-refractivity contribution < 1.29 is 18.3 Å². The first kappa shape index (κ1) is 15.1. The van der Waals surface area contributed by atoms with E-state index in [1.165, 1.54) is 0 Å². The van der Waals surface area contributed by atoms with Gasteiger partial charge in [-0.2, -0.15) is 13.2 Å². The Balaban J connectivity index is 1.90. The lowest BCUT2D eigenvalue weighted by Gasteiger charge is -2.38. The predicted octanol–water partition coefficient (Wildman–Crippen LogP) is 4.54. The van der Waals surface area contributed by atoms with Crippen molar-refractivity contribution in [2.75, 3.05) is 0 Å². The number of alkyl halides is 3. The van der Waals surface area contributed by atoms with Crippen LogP contribution in [-0.4, -0.2) is 17.4 Å². The molecule has 2 aliphatic rings. The maximum absolute atomic E-state index is 12.8. The summed E-state index contributed by atoms with van der Waals surface area (Å²) in [5.41, 5.74) is 0. The lowest BCUT2D eigenvalue weighted by Crippen LogP contribution is -2.38. The molecule has 2 fully saturated rings. The Bertz CT molecular complexity index is 282. The van der Waals surface area contributed by atoms with Crippen LogP contribution in [0.25, 0.3) is 0 Å². The van der Waals surface area contributed by atoms with Gasteiger partial charge in [0.2, 0.25) is 0 Å². The van der Waals surface area contributed by atoms with Crippen LogP contribution in [0.5, 0.6) is 0 Å². The van der Waals surface area contributed by atoms with Crippen molar-refractivity contribution in [2.24, 2.45) is 23.7 Å². The van der Waals surface area contributed by atoms with E-state index in [4.69, 9.17) is 0 Å². The number of aliphatic hydroxyl groups excluding tert-OH is 1. The molecule has 4 heteroatoms. The molecular weight excluding hydrogens is 253 g/mol. The molecular formula is C15H25F3O. The second-order valence-electron chi connectivity index (χ2n) is 6.68. The summed E-state index contributed by atoms with van der Waals surface area (Å²) in [6, 6.07) is 0. The zero-order valence-electron chi connectivity index (χ0n) is 11.6. The van der Waals surface area contributed by atoms with Crippen LogP contribution in [0.1, 0.15) is 58.3 Å². The van der Waals surface area contributed by atoms with E-state index in [-0.39, 0.29) is 24.7 Å². The molecule has 1 nitrogen and oxygen atoms in total. The minimum absolute atomic E-state index is 0.136. The molecule has 19 heavy (non-hydrogen) atoms. The van der Waals surface area contributed by atoms with E-state index in [0.717, 1.165) is 32.1 Å². The molecule has 0 saturated heterocycles. The van der Waals surface area contributed by atoms with Crippen molar-refractivity contribution in [3.63, 3.8) is 0 Å². The van der Waals surface area contributed by atoms with Gasteiger partial charge in [-0.3, -0.25) is 0 Å². The summed E-state index contributed by atoms with van der Waals surface area (Å²) in [5.74, 6) is -0.395. The molecule has 0 aromatic heterocycles. The fourth-order valence-electron chi connectivity index (χ4n) is 3.85. The first-order chi connectivity index (χ1) is 8.88. The molecule has 112 valence electrons. The molecule has 0 bridgehead atoms. The molecule has 0 aromatic carbocycles. The average Bonchev–Trinajstić information content (AvgIpc) is 2.38. The van der Waals surface area contributed by atoms with E-state index in [1.54, 1.807) is 0 Å². The quantitative estimate of drug-likeness (QED) is 0.786. The van der Waals surface area contributed by atoms with Crippen molar-refractivity contribution in [2.45, 2.75) is 70.6 Å². The Morgan fingerprint density at radius 3 is 2.16 bits per heavy atom. The highest BCUT2D eigenvalue weighted by Crippen LogP contribution is 2.43. The molecule has 0 amide bonds. The molecule has 2 saturated carbocycles. The van der Waals surface area contributed by atoms with Crippen LogP contribution in [-0.2, 0) is 0 Å². The van der Waals surface area contributed by atoms with E-state index in [0.29, 0.717) is 12.3 Å². The van der Waals surface area contributed by atoms with Crippen LogP contribution in [0.4, 0.5) is 13.2 Å². The molecule has 0 radical (unpaired) electrons. The van der Waals surface area contributed by atoms with Gasteiger partial charge in [0.15, 0.2) is 0 Å². The molecule has 0 spiro atoms. The van der Waals surface area contributed by atoms with Crippen molar-refractivity contribution in [1.29, 1.82) is 0 Å². The van der Waals surface area contributed by atoms with Gasteiger partial charge >= 0.3 is 6.18 Å². The number of hydrogen-bond donors (Lipinski definition) is 1. The third-order valence-corrected chi connectivity index (χ3v) is 5.20. The predicted molar refractivity (Wildman–Crippen MR) is 68.6 cm³/mol. The summed E-state index contributed by atoms with van der Waals surface area (Å²) in [6.07, 6.45) is 1.33. The molecule has 3 unspecified atom stereocenters. The smallest absolute Gasteiger partial charge is 0.391 e. The summed E-state index contributed by atoms with van der Waals surface area (Å²) in [7, 11) is 0. The van der Waals surface area contributed by atoms with E-state index in [1.807, 2.05) is 0 Å². The average molecular weight is 278 g/mol. The number of hydrogen-bond acceptors (Lipinski definition) is 1. The van der Waals surface area contributed by atoms with Crippen molar-refractivity contribution in [3.8, 4) is 0 Å². The Morgan fingerprint density at radius 1 is 0.947 bits per heavy atom. The lowest BCUT2D eigenvalue weighted by atomic mass is 9.71. The third-order valence-electron chi connectivity index (χ3n) is 5.20. The summed E-state index contributed by atoms with van der Waals surface area (Å²) in [4.78, 5) is 0. The van der Waals surface area contributed by atoms with Crippen molar-refractivity contribution >= 4 is 0 Å². The minimum atomic E-state index is -4.08. The molecule has 1 N–H and O–H groups in total. The maximum Gasteiger partial charge on any atom is 0.391 e. The third kappa shape index (κ3) is 3.87. The first-order valence-corrected chi connectivity index (χ1v) is 7.62. The normalized spacial score (nSPS) is 39.0. The zero-order chi connectivity index (χ0) is 14.0. The molecule has 3 atom stereocenters. The standard InChI is InChI=1S/C15H25F3O/c1-10-5-7-11(8-6-10)14(19)12-3-2-4-13(9-12)15(16,17)18/h10-14,19H,2-9H2,1H3. The van der Waals surface area contributed by atoms with Gasteiger partial charge in [0.1, 0.15) is 0 Å². The molecule has 2 rings (SSSR count). The van der Waals surface area contributed by atoms with Crippen LogP contribution in [0, 0.1) is 23.7 Å². The van der Waals surface area contributed by atoms with Gasteiger partial charge in [0, 0.05) is 0 Å². The minimum Gasteiger partial charge on any atom is -0.393 e. The van der Waals surface area contributed by atoms with E-state index in [9.17, 15) is 18.3 Å². The number of halogens is 3. The number of rotatable bonds is 2. The second-order valence-corrected chi connectivity index (χ2v) is 6.68. The fourth-order valence-corrected chi connectivity index (χ4v) is 3.85. The van der Waals surface area contributed by atoms with Gasteiger partial charge in [-0.25, -0.2) is 0 Å². The Hall–Kier alpha value is -0.250. The maximum atomic E-state index is 12.8. The highest BCUT2D eigenvalue weighted by atomic mass is 19.4. The fraction of sp³-hybridized carbons (Fsp3) is 1.00. The van der Waals surface area contributed by atoms with Gasteiger partial charge in [0.05, 0.1) is 12.0 Å². The lowest BCUT2D eigenvalue weighted by molar-refractivity contribution is -0.190. The Morgan fingerprint density at radius 2 is 1.58 bits per heavy atom. The van der Waals surface area contributed by atoms with Gasteiger partial charge in [0.25, 0.3) is 0 Å². The second kappa shape index (κ2) is 6.02. The monoisotopic (exact) mass is 278 g/mol. The zero-order valence-corrected chi connectivity index (χ0v) is 11.6. The molecule has 2 aliphatic carbocycles. The molecule has 0 heterocycles. The highest BCUT2D eigenvalue weighted by molar-refractivity contribution is 4.86. The van der Waals surface area contributed by atoms with Crippen LogP contribution in [0.3, 0.4) is 0 Å². The summed E-state index contributed by atoms with van der Waals surface area (Å²) < 4.78 is 38.4. The Kier molecular flexibility index (Phi) is 4.80. The summed E-state index contributed by atoms with van der Waals surface area (Å²) >= 11 is 0. The highest BCUT2D eigenvalue weighted by Gasteiger charge is 2.44. The largest absolute Gasteiger partial charge is 0.393 e. The van der Waals surface area contributed by atoms with E-state index in [2.05, 4.69) is 6.92 Å². The van der Waals surface area contributed by atoms with Crippen LogP contribution >= 0.6 is 0 Å². The van der Waals surface area contributed by atoms with E-state index < -0.39 is 18.2 Å². The van der Waals surface area contributed by atoms with Crippen LogP contribution in [0.15, 0.2) is 0 Å². The molecule has 0 aliphatic heterocycles. The van der Waals surface area contributed by atoms with Crippen molar-refractivity contribution in [1.82, 2.24) is 0 Å². The van der Waals surface area contributed by atoms with Crippen LogP contribution < -0.4 is 0 Å². The number of aliphatic hydroxyl groups is 1. The SMILES string of the molecule is CC1CCC(C(O)C2CCCC(C(F)(F)F)C2)CC1. The van der Waals surface area contributed by atoms with Crippen LogP contribution in [0.2, 0.25) is 0 Å². The van der Waals surface area contributed by atoms with Gasteiger partial charge < -0.3 is 5.11 Å².